The maximum atomic E-state index is 13.9. The molecule has 0 radical (unpaired) electrons. The molecular formula is C13H17FN2S. The quantitative estimate of drug-likeness (QED) is 0.834. The zero-order valence-electron chi connectivity index (χ0n) is 10.3. The van der Waals surface area contributed by atoms with Crippen LogP contribution in [0.25, 0.3) is 0 Å². The molecule has 0 aromatic heterocycles. The van der Waals surface area contributed by atoms with Gasteiger partial charge in [0.1, 0.15) is 10.7 Å². The summed E-state index contributed by atoms with van der Waals surface area (Å²) in [6, 6.07) is 6.54. The average molecular weight is 252 g/mol. The second-order valence-electron chi connectivity index (χ2n) is 4.93. The van der Waals surface area contributed by atoms with Crippen LogP contribution in [0.5, 0.6) is 0 Å². The van der Waals surface area contributed by atoms with Gasteiger partial charge in [-0.25, -0.2) is 4.39 Å². The van der Waals surface area contributed by atoms with E-state index in [1.165, 1.54) is 6.07 Å². The average Bonchev–Trinajstić information content (AvgIpc) is 2.24. The summed E-state index contributed by atoms with van der Waals surface area (Å²) >= 11 is 1.55. The van der Waals surface area contributed by atoms with Crippen LogP contribution in [0.4, 0.5) is 4.39 Å². The van der Waals surface area contributed by atoms with Crippen molar-refractivity contribution in [1.29, 1.82) is 0 Å². The largest absolute Gasteiger partial charge is 0.311 e. The van der Waals surface area contributed by atoms with Gasteiger partial charge in [0.05, 0.1) is 6.04 Å². The van der Waals surface area contributed by atoms with E-state index in [1.54, 1.807) is 23.9 Å². The molecule has 0 bridgehead atoms. The Morgan fingerprint density at radius 1 is 1.35 bits per heavy atom. The third kappa shape index (κ3) is 2.24. The first kappa shape index (κ1) is 12.6. The van der Waals surface area contributed by atoms with Crippen LogP contribution in [0.15, 0.2) is 29.3 Å². The zero-order chi connectivity index (χ0) is 12.7. The number of rotatable bonds is 1. The molecule has 2 atom stereocenters. The minimum Gasteiger partial charge on any atom is -0.311 e. The second kappa shape index (κ2) is 4.10. The normalized spacial score (nSPS) is 31.5. The van der Waals surface area contributed by atoms with Crippen molar-refractivity contribution in [2.45, 2.75) is 36.4 Å². The van der Waals surface area contributed by atoms with Crippen LogP contribution in [-0.2, 0) is 4.87 Å². The molecule has 2 rings (SSSR count). The molecule has 1 aliphatic rings. The van der Waals surface area contributed by atoms with Crippen molar-refractivity contribution in [1.82, 2.24) is 0 Å². The molecule has 2 nitrogen and oxygen atoms in total. The van der Waals surface area contributed by atoms with E-state index < -0.39 is 4.87 Å². The number of benzene rings is 1. The number of halogens is 1. The van der Waals surface area contributed by atoms with Gasteiger partial charge < -0.3 is 5.73 Å². The van der Waals surface area contributed by atoms with Crippen molar-refractivity contribution >= 4 is 18.0 Å². The van der Waals surface area contributed by atoms with Crippen molar-refractivity contribution in [3.05, 3.63) is 35.6 Å². The fourth-order valence-corrected chi connectivity index (χ4v) is 3.50. The minimum absolute atomic E-state index is 0.141. The van der Waals surface area contributed by atoms with Crippen LogP contribution >= 0.6 is 11.8 Å². The summed E-state index contributed by atoms with van der Waals surface area (Å²) in [6.45, 7) is 6.00. The standard InChI is InChI=1S/C13H17FN2S/c1-9-13(15,17-12(2,3)8-16-9)10-6-4-5-7-11(10)14/h4-9H,15H2,1-3H3. The minimum atomic E-state index is -0.802. The summed E-state index contributed by atoms with van der Waals surface area (Å²) in [5, 5.41) is 0. The molecule has 2 unspecified atom stereocenters. The number of hydrogen-bond acceptors (Lipinski definition) is 3. The first-order valence-corrected chi connectivity index (χ1v) is 6.45. The summed E-state index contributed by atoms with van der Waals surface area (Å²) in [7, 11) is 0. The van der Waals surface area contributed by atoms with Gasteiger partial charge in [0.15, 0.2) is 0 Å². The topological polar surface area (TPSA) is 38.4 Å². The van der Waals surface area contributed by atoms with Gasteiger partial charge in [-0.2, -0.15) is 0 Å². The Labute approximate surface area is 106 Å². The molecule has 17 heavy (non-hydrogen) atoms. The van der Waals surface area contributed by atoms with E-state index >= 15 is 0 Å². The summed E-state index contributed by atoms with van der Waals surface area (Å²) in [5.74, 6) is -0.262. The molecule has 0 saturated carbocycles. The lowest BCUT2D eigenvalue weighted by atomic mass is 9.99. The van der Waals surface area contributed by atoms with Gasteiger partial charge in [0.2, 0.25) is 0 Å². The highest BCUT2D eigenvalue weighted by atomic mass is 32.2. The number of nitrogens with two attached hydrogens (primary N) is 1. The Kier molecular flexibility index (Phi) is 3.04. The first-order chi connectivity index (χ1) is 7.85. The van der Waals surface area contributed by atoms with E-state index in [-0.39, 0.29) is 16.6 Å². The van der Waals surface area contributed by atoms with Crippen molar-refractivity contribution < 1.29 is 4.39 Å². The first-order valence-electron chi connectivity index (χ1n) is 5.63. The Balaban J connectivity index is 2.49. The molecule has 0 amide bonds. The number of thioether (sulfide) groups is 1. The van der Waals surface area contributed by atoms with Crippen molar-refractivity contribution in [3.8, 4) is 0 Å². The van der Waals surface area contributed by atoms with E-state index in [0.717, 1.165) is 0 Å². The summed E-state index contributed by atoms with van der Waals surface area (Å²) in [6.07, 6.45) is 1.90. The van der Waals surface area contributed by atoms with Crippen LogP contribution in [0.3, 0.4) is 0 Å². The summed E-state index contributed by atoms with van der Waals surface area (Å²) in [4.78, 5) is 3.61. The monoisotopic (exact) mass is 252 g/mol. The van der Waals surface area contributed by atoms with Gasteiger partial charge in [-0.3, -0.25) is 4.99 Å². The van der Waals surface area contributed by atoms with Crippen molar-refractivity contribution in [2.75, 3.05) is 0 Å². The number of aliphatic imine (C=N–C) groups is 1. The highest BCUT2D eigenvalue weighted by Crippen LogP contribution is 2.46. The fraction of sp³-hybridized carbons (Fsp3) is 0.462. The van der Waals surface area contributed by atoms with Gasteiger partial charge in [-0.1, -0.05) is 18.2 Å². The number of hydrogen-bond donors (Lipinski definition) is 1. The molecule has 0 saturated heterocycles. The Morgan fingerprint density at radius 2 is 2.00 bits per heavy atom. The van der Waals surface area contributed by atoms with Crippen LogP contribution in [0.1, 0.15) is 26.3 Å². The van der Waals surface area contributed by atoms with E-state index in [2.05, 4.69) is 4.99 Å². The SMILES string of the molecule is CC1N=CC(C)(C)SC1(N)c1ccccc1F. The Morgan fingerprint density at radius 3 is 2.65 bits per heavy atom. The van der Waals surface area contributed by atoms with Gasteiger partial charge in [0, 0.05) is 16.5 Å². The predicted octanol–water partition coefficient (Wildman–Crippen LogP) is 2.92. The van der Waals surface area contributed by atoms with Gasteiger partial charge >= 0.3 is 0 Å². The molecule has 1 heterocycles. The van der Waals surface area contributed by atoms with Crippen LogP contribution in [-0.4, -0.2) is 17.0 Å². The van der Waals surface area contributed by atoms with Gasteiger partial charge in [-0.15, -0.1) is 11.8 Å². The molecule has 2 N–H and O–H groups in total. The van der Waals surface area contributed by atoms with Crippen molar-refractivity contribution in [2.24, 2.45) is 10.7 Å². The van der Waals surface area contributed by atoms with E-state index in [4.69, 9.17) is 5.73 Å². The van der Waals surface area contributed by atoms with Crippen LogP contribution in [0.2, 0.25) is 0 Å². The molecular weight excluding hydrogens is 235 g/mol. The maximum absolute atomic E-state index is 13.9. The smallest absolute Gasteiger partial charge is 0.129 e. The third-order valence-electron chi connectivity index (χ3n) is 2.96. The fourth-order valence-electron chi connectivity index (χ4n) is 2.01. The highest BCUT2D eigenvalue weighted by molar-refractivity contribution is 8.02. The Hall–Kier alpha value is -0.870. The summed E-state index contributed by atoms with van der Waals surface area (Å²) in [5.41, 5.74) is 6.94. The Bertz CT molecular complexity index is 458. The number of nitrogens with zero attached hydrogens (tertiary/aromatic N) is 1. The van der Waals surface area contributed by atoms with Gasteiger partial charge in [-0.05, 0) is 26.8 Å². The maximum Gasteiger partial charge on any atom is 0.129 e. The van der Waals surface area contributed by atoms with E-state index in [1.807, 2.05) is 33.1 Å². The predicted molar refractivity (Wildman–Crippen MR) is 71.9 cm³/mol. The third-order valence-corrected chi connectivity index (χ3v) is 4.49. The van der Waals surface area contributed by atoms with Crippen LogP contribution < -0.4 is 5.73 Å². The van der Waals surface area contributed by atoms with Crippen LogP contribution in [0, 0.1) is 5.82 Å². The molecule has 0 spiro atoms. The lowest BCUT2D eigenvalue weighted by molar-refractivity contribution is 0.490. The summed E-state index contributed by atoms with van der Waals surface area (Å²) < 4.78 is 13.7. The lowest BCUT2D eigenvalue weighted by Gasteiger charge is -2.42. The highest BCUT2D eigenvalue weighted by Gasteiger charge is 2.43. The molecule has 0 fully saturated rings. The second-order valence-corrected chi connectivity index (χ2v) is 6.86. The van der Waals surface area contributed by atoms with E-state index in [0.29, 0.717) is 5.56 Å². The molecule has 0 aliphatic carbocycles. The van der Waals surface area contributed by atoms with Gasteiger partial charge in [0.25, 0.3) is 0 Å². The zero-order valence-corrected chi connectivity index (χ0v) is 11.1. The van der Waals surface area contributed by atoms with E-state index in [9.17, 15) is 4.39 Å². The molecule has 1 aromatic rings. The molecule has 4 heteroatoms. The van der Waals surface area contributed by atoms with Crippen molar-refractivity contribution in [3.63, 3.8) is 0 Å². The molecule has 1 aliphatic heterocycles. The molecule has 1 aromatic carbocycles. The molecule has 92 valence electrons. The lowest BCUT2D eigenvalue weighted by Crippen LogP contribution is -2.49.